The number of anilines is 1. The van der Waals surface area contributed by atoms with Crippen molar-refractivity contribution in [2.24, 2.45) is 5.73 Å². The molecule has 0 bridgehead atoms. The molecular formula is C22H40N5O7P. The normalized spacial score (nSPS) is 15.4. The van der Waals surface area contributed by atoms with Gasteiger partial charge in [-0.1, -0.05) is 6.07 Å². The summed E-state index contributed by atoms with van der Waals surface area (Å²) in [5, 5.41) is 14.9. The number of hydrogen-bond acceptors (Lipinski definition) is 9. The number of likely N-dealkylation sites (N-methyl/N-ethyl adjacent to an activating group) is 2. The Morgan fingerprint density at radius 3 is 2.37 bits per heavy atom. The van der Waals surface area contributed by atoms with E-state index in [0.717, 1.165) is 5.56 Å². The van der Waals surface area contributed by atoms with Crippen molar-refractivity contribution in [2.45, 2.75) is 39.1 Å². The Kier molecular flexibility index (Phi) is 12.5. The first-order valence-electron chi connectivity index (χ1n) is 11.3. The third-order valence-corrected chi connectivity index (χ3v) is 5.98. The maximum Gasteiger partial charge on any atom is 0.268 e. The molecule has 0 aliphatic rings. The minimum Gasteiger partial charge on any atom is -0.756 e. The van der Waals surface area contributed by atoms with Gasteiger partial charge in [0.2, 0.25) is 11.8 Å². The lowest BCUT2D eigenvalue weighted by Crippen LogP contribution is -2.47. The SMILES string of the molecule is C[C@H](N)C(=O)N[C@@H](C)C(=O)Nc1ccc(CO)c(CN(C)CCOP(=O)([O-])OCC[N+](C)(C)C)c1. The molecule has 35 heavy (non-hydrogen) atoms. The predicted octanol–water partition coefficient (Wildman–Crippen LogP) is -0.391. The van der Waals surface area contributed by atoms with Gasteiger partial charge in [0.25, 0.3) is 7.82 Å². The molecule has 2 amide bonds. The molecular weight excluding hydrogens is 477 g/mol. The summed E-state index contributed by atoms with van der Waals surface area (Å²) in [5.41, 5.74) is 7.40. The molecule has 1 aromatic rings. The molecule has 0 aliphatic heterocycles. The highest BCUT2D eigenvalue weighted by molar-refractivity contribution is 7.45. The van der Waals surface area contributed by atoms with Crippen molar-refractivity contribution in [3.05, 3.63) is 29.3 Å². The quantitative estimate of drug-likeness (QED) is 0.179. The van der Waals surface area contributed by atoms with Crippen LogP contribution in [0.3, 0.4) is 0 Å². The monoisotopic (exact) mass is 517 g/mol. The summed E-state index contributed by atoms with van der Waals surface area (Å²) in [6.07, 6.45) is 0. The molecule has 0 spiro atoms. The zero-order chi connectivity index (χ0) is 26.8. The van der Waals surface area contributed by atoms with Gasteiger partial charge >= 0.3 is 0 Å². The molecule has 0 saturated carbocycles. The van der Waals surface area contributed by atoms with E-state index in [9.17, 15) is 24.2 Å². The molecule has 0 radical (unpaired) electrons. The summed E-state index contributed by atoms with van der Waals surface area (Å²) in [7, 11) is 3.16. The molecule has 1 aromatic carbocycles. The summed E-state index contributed by atoms with van der Waals surface area (Å²) in [6.45, 7) is 3.98. The van der Waals surface area contributed by atoms with E-state index in [1.807, 2.05) is 26.0 Å². The van der Waals surface area contributed by atoms with Gasteiger partial charge in [-0.3, -0.25) is 19.1 Å². The number of aliphatic hydroxyl groups is 1. The number of aliphatic hydroxyl groups excluding tert-OH is 1. The van der Waals surface area contributed by atoms with Gasteiger partial charge in [-0.25, -0.2) is 0 Å². The zero-order valence-corrected chi connectivity index (χ0v) is 22.3. The molecule has 200 valence electrons. The van der Waals surface area contributed by atoms with Crippen molar-refractivity contribution in [1.29, 1.82) is 0 Å². The smallest absolute Gasteiger partial charge is 0.268 e. The lowest BCUT2D eigenvalue weighted by atomic mass is 10.1. The second-order valence-electron chi connectivity index (χ2n) is 9.52. The predicted molar refractivity (Wildman–Crippen MR) is 131 cm³/mol. The fourth-order valence-electron chi connectivity index (χ4n) is 2.81. The van der Waals surface area contributed by atoms with E-state index in [-0.39, 0.29) is 26.4 Å². The first kappa shape index (κ1) is 31.1. The number of nitrogens with one attached hydrogen (secondary N) is 2. The molecule has 0 heterocycles. The summed E-state index contributed by atoms with van der Waals surface area (Å²) in [6, 6.07) is 3.53. The van der Waals surface area contributed by atoms with Gasteiger partial charge in [-0.2, -0.15) is 0 Å². The number of carbonyl (C=O) groups excluding carboxylic acids is 2. The van der Waals surface area contributed by atoms with Gasteiger partial charge in [0.05, 0.1) is 40.4 Å². The van der Waals surface area contributed by atoms with Gasteiger partial charge in [0.1, 0.15) is 19.2 Å². The molecule has 0 aliphatic carbocycles. The highest BCUT2D eigenvalue weighted by Crippen LogP contribution is 2.37. The average Bonchev–Trinajstić information content (AvgIpc) is 2.72. The fraction of sp³-hybridized carbons (Fsp3) is 0.636. The molecule has 1 unspecified atom stereocenters. The van der Waals surface area contributed by atoms with Crippen molar-refractivity contribution >= 4 is 25.3 Å². The molecule has 13 heteroatoms. The fourth-order valence-corrected chi connectivity index (χ4v) is 3.49. The van der Waals surface area contributed by atoms with Crippen molar-refractivity contribution in [1.82, 2.24) is 10.2 Å². The molecule has 0 aromatic heterocycles. The zero-order valence-electron chi connectivity index (χ0n) is 21.4. The van der Waals surface area contributed by atoms with Gasteiger partial charge < -0.3 is 39.9 Å². The summed E-state index contributed by atoms with van der Waals surface area (Å²) >= 11 is 0. The number of carbonyl (C=O) groups is 2. The van der Waals surface area contributed by atoms with Crippen LogP contribution in [0.5, 0.6) is 0 Å². The van der Waals surface area contributed by atoms with E-state index in [1.54, 1.807) is 32.2 Å². The molecule has 1 rings (SSSR count). The Bertz CT molecular complexity index is 891. The highest BCUT2D eigenvalue weighted by Gasteiger charge is 2.18. The second kappa shape index (κ2) is 14.0. The molecule has 12 nitrogen and oxygen atoms in total. The largest absolute Gasteiger partial charge is 0.756 e. The van der Waals surface area contributed by atoms with Crippen LogP contribution in [-0.2, 0) is 36.4 Å². The van der Waals surface area contributed by atoms with E-state index < -0.39 is 31.7 Å². The Hall–Kier alpha value is -1.89. The van der Waals surface area contributed by atoms with Crippen molar-refractivity contribution in [3.63, 3.8) is 0 Å². The van der Waals surface area contributed by atoms with Crippen LogP contribution in [0, 0.1) is 0 Å². The van der Waals surface area contributed by atoms with Gasteiger partial charge in [0, 0.05) is 18.8 Å². The first-order valence-corrected chi connectivity index (χ1v) is 12.8. The first-order chi connectivity index (χ1) is 16.1. The Labute approximate surface area is 207 Å². The van der Waals surface area contributed by atoms with E-state index in [1.165, 1.54) is 6.92 Å². The molecule has 0 fully saturated rings. The van der Waals surface area contributed by atoms with Crippen LogP contribution in [0.25, 0.3) is 0 Å². The minimum atomic E-state index is -4.39. The Morgan fingerprint density at radius 2 is 1.80 bits per heavy atom. The molecule has 5 N–H and O–H groups in total. The second-order valence-corrected chi connectivity index (χ2v) is 10.9. The summed E-state index contributed by atoms with van der Waals surface area (Å²) in [5.74, 6) is -0.853. The summed E-state index contributed by atoms with van der Waals surface area (Å²) < 4.78 is 22.3. The van der Waals surface area contributed by atoms with Crippen LogP contribution in [0.15, 0.2) is 18.2 Å². The van der Waals surface area contributed by atoms with Gasteiger partial charge in [-0.15, -0.1) is 0 Å². The average molecular weight is 518 g/mol. The number of quaternary nitrogens is 1. The topological polar surface area (TPSA) is 166 Å². The number of phosphoric ester groups is 1. The van der Waals surface area contributed by atoms with Gasteiger partial charge in [-0.05, 0) is 44.2 Å². The van der Waals surface area contributed by atoms with Crippen LogP contribution in [0.4, 0.5) is 5.69 Å². The maximum atomic E-state index is 12.4. The number of hydrogen-bond donors (Lipinski definition) is 4. The van der Waals surface area contributed by atoms with Crippen LogP contribution in [0.2, 0.25) is 0 Å². The summed E-state index contributed by atoms with van der Waals surface area (Å²) in [4.78, 5) is 37.8. The van der Waals surface area contributed by atoms with E-state index in [4.69, 9.17) is 14.8 Å². The third-order valence-electron chi connectivity index (χ3n) is 4.98. The van der Waals surface area contributed by atoms with Crippen molar-refractivity contribution < 1.29 is 37.7 Å². The molecule has 3 atom stereocenters. The standard InChI is InChI=1S/C22H40N5O7P/c1-16(23)21(29)24-17(2)22(30)25-20-8-7-18(15-28)19(13-20)14-26(3)9-11-33-35(31,32)34-12-10-27(4,5)6/h7-8,13,16-17,28H,9-12,14-15,23H2,1-6H3,(H2-,24,25,29,30,31,32)/t16-,17-/m0/s1. The number of nitrogens with two attached hydrogens (primary N) is 1. The lowest BCUT2D eigenvalue weighted by molar-refractivity contribution is -0.870. The Balaban J connectivity index is 2.65. The van der Waals surface area contributed by atoms with E-state index in [2.05, 4.69) is 10.6 Å². The van der Waals surface area contributed by atoms with Crippen molar-refractivity contribution in [3.8, 4) is 0 Å². The molecule has 0 saturated heterocycles. The van der Waals surface area contributed by atoms with E-state index in [0.29, 0.717) is 28.8 Å². The van der Waals surface area contributed by atoms with Crippen LogP contribution < -0.4 is 21.3 Å². The highest BCUT2D eigenvalue weighted by atomic mass is 31.2. The minimum absolute atomic E-state index is 0.0338. The Morgan fingerprint density at radius 1 is 1.17 bits per heavy atom. The number of amides is 2. The maximum absolute atomic E-state index is 12.4. The number of rotatable bonds is 15. The van der Waals surface area contributed by atoms with E-state index >= 15 is 0 Å². The van der Waals surface area contributed by atoms with Crippen molar-refractivity contribution in [2.75, 3.05) is 59.8 Å². The van der Waals surface area contributed by atoms with Crippen LogP contribution in [0.1, 0.15) is 25.0 Å². The number of phosphoric acid groups is 1. The number of benzene rings is 1. The third kappa shape index (κ3) is 12.6. The van der Waals surface area contributed by atoms with Crippen LogP contribution >= 0.6 is 7.82 Å². The van der Waals surface area contributed by atoms with Gasteiger partial charge in [0.15, 0.2) is 0 Å². The lowest BCUT2D eigenvalue weighted by Gasteiger charge is -2.28. The van der Waals surface area contributed by atoms with Crippen LogP contribution in [-0.4, -0.2) is 92.9 Å². The number of nitrogens with zero attached hydrogens (tertiary/aromatic N) is 2.